The lowest BCUT2D eigenvalue weighted by molar-refractivity contribution is -0.126. The molecule has 3 rings (SSSR count). The van der Waals surface area contributed by atoms with E-state index >= 15 is 0 Å². The van der Waals surface area contributed by atoms with Gasteiger partial charge in [-0.05, 0) is 55.8 Å². The van der Waals surface area contributed by atoms with E-state index in [0.29, 0.717) is 5.56 Å². The van der Waals surface area contributed by atoms with Crippen molar-refractivity contribution in [3.8, 4) is 6.07 Å². The number of hydrogen-bond acceptors (Lipinski definition) is 3. The van der Waals surface area contributed by atoms with E-state index in [9.17, 15) is 4.79 Å². The predicted octanol–water partition coefficient (Wildman–Crippen LogP) is 2.30. The van der Waals surface area contributed by atoms with Crippen LogP contribution < -0.4 is 5.32 Å². The van der Waals surface area contributed by atoms with E-state index in [1.807, 2.05) is 24.3 Å². The summed E-state index contributed by atoms with van der Waals surface area (Å²) in [7, 11) is 0. The first kappa shape index (κ1) is 15.1. The Hall–Kier alpha value is -1.86. The zero-order chi connectivity index (χ0) is 15.4. The van der Waals surface area contributed by atoms with Gasteiger partial charge >= 0.3 is 0 Å². The Morgan fingerprint density at radius 2 is 2.05 bits per heavy atom. The Morgan fingerprint density at radius 3 is 2.73 bits per heavy atom. The number of amides is 1. The van der Waals surface area contributed by atoms with Crippen LogP contribution in [0.4, 0.5) is 0 Å². The number of rotatable bonds is 5. The third kappa shape index (κ3) is 4.08. The Bertz CT molecular complexity index is 557. The maximum atomic E-state index is 12.2. The Labute approximate surface area is 132 Å². The monoisotopic (exact) mass is 297 g/mol. The average molecular weight is 297 g/mol. The van der Waals surface area contributed by atoms with Gasteiger partial charge in [0.25, 0.3) is 0 Å². The molecule has 1 atom stereocenters. The molecule has 0 aromatic heterocycles. The average Bonchev–Trinajstić information content (AvgIpc) is 3.38. The summed E-state index contributed by atoms with van der Waals surface area (Å²) in [5.41, 5.74) is 1.90. The second kappa shape index (κ2) is 6.93. The molecule has 1 heterocycles. The van der Waals surface area contributed by atoms with Crippen LogP contribution in [-0.2, 0) is 11.3 Å². The van der Waals surface area contributed by atoms with Gasteiger partial charge in [0, 0.05) is 19.6 Å². The van der Waals surface area contributed by atoms with E-state index in [1.165, 1.54) is 18.4 Å². The summed E-state index contributed by atoms with van der Waals surface area (Å²) in [5, 5.41) is 11.9. The Kier molecular flexibility index (Phi) is 4.74. The maximum absolute atomic E-state index is 12.2. The molecule has 1 aromatic carbocycles. The van der Waals surface area contributed by atoms with Gasteiger partial charge < -0.3 is 5.32 Å². The van der Waals surface area contributed by atoms with Gasteiger partial charge in [0.1, 0.15) is 0 Å². The van der Waals surface area contributed by atoms with E-state index in [2.05, 4.69) is 16.3 Å². The van der Waals surface area contributed by atoms with Crippen molar-refractivity contribution in [2.75, 3.05) is 19.6 Å². The second-order valence-corrected chi connectivity index (χ2v) is 6.57. The van der Waals surface area contributed by atoms with Gasteiger partial charge in [-0.25, -0.2) is 0 Å². The first-order valence-corrected chi connectivity index (χ1v) is 8.23. The van der Waals surface area contributed by atoms with Gasteiger partial charge in [-0.3, -0.25) is 9.69 Å². The van der Waals surface area contributed by atoms with E-state index < -0.39 is 0 Å². The highest BCUT2D eigenvalue weighted by atomic mass is 16.1. The molecular weight excluding hydrogens is 274 g/mol. The number of carbonyl (C=O) groups is 1. The molecule has 0 bridgehead atoms. The zero-order valence-corrected chi connectivity index (χ0v) is 12.9. The van der Waals surface area contributed by atoms with Gasteiger partial charge in [-0.2, -0.15) is 5.26 Å². The topological polar surface area (TPSA) is 56.1 Å². The molecule has 1 aromatic rings. The van der Waals surface area contributed by atoms with Crippen LogP contribution in [0, 0.1) is 23.2 Å². The van der Waals surface area contributed by atoms with Crippen LogP contribution in [0.1, 0.15) is 36.8 Å². The number of piperidine rings is 1. The van der Waals surface area contributed by atoms with Crippen molar-refractivity contribution in [2.45, 2.75) is 32.2 Å². The first-order valence-electron chi connectivity index (χ1n) is 8.23. The second-order valence-electron chi connectivity index (χ2n) is 6.57. The molecule has 2 fully saturated rings. The molecule has 1 N–H and O–H groups in total. The zero-order valence-electron chi connectivity index (χ0n) is 12.9. The lowest BCUT2D eigenvalue weighted by atomic mass is 9.96. The lowest BCUT2D eigenvalue weighted by Crippen LogP contribution is -2.43. The highest BCUT2D eigenvalue weighted by Crippen LogP contribution is 2.28. The van der Waals surface area contributed by atoms with Crippen molar-refractivity contribution in [2.24, 2.45) is 11.8 Å². The third-order valence-electron chi connectivity index (χ3n) is 4.63. The molecule has 1 aliphatic carbocycles. The van der Waals surface area contributed by atoms with Gasteiger partial charge in [0.15, 0.2) is 0 Å². The van der Waals surface area contributed by atoms with Crippen molar-refractivity contribution in [3.63, 3.8) is 0 Å². The van der Waals surface area contributed by atoms with Gasteiger partial charge in [-0.1, -0.05) is 12.1 Å². The maximum Gasteiger partial charge on any atom is 0.224 e. The molecule has 2 aliphatic rings. The van der Waals surface area contributed by atoms with E-state index in [4.69, 9.17) is 5.26 Å². The van der Waals surface area contributed by atoms with Crippen molar-refractivity contribution < 1.29 is 4.79 Å². The SMILES string of the molecule is N#Cc1ccc(CN2CCC[C@H](C(=O)NCC3CC3)C2)cc1. The fourth-order valence-electron chi connectivity index (χ4n) is 3.07. The van der Waals surface area contributed by atoms with E-state index in [0.717, 1.165) is 44.9 Å². The number of nitrogens with zero attached hydrogens (tertiary/aromatic N) is 2. The van der Waals surface area contributed by atoms with Crippen LogP contribution in [0.15, 0.2) is 24.3 Å². The summed E-state index contributed by atoms with van der Waals surface area (Å²) < 4.78 is 0. The van der Waals surface area contributed by atoms with Crippen molar-refractivity contribution in [1.82, 2.24) is 10.2 Å². The standard InChI is InChI=1S/C18H23N3O/c19-10-14-3-7-16(8-4-14)12-21-9-1-2-17(13-21)18(22)20-11-15-5-6-15/h3-4,7-8,15,17H,1-2,5-6,9,11-13H2,(H,20,22)/t17-/m0/s1. The normalized spacial score (nSPS) is 22.0. The number of hydrogen-bond donors (Lipinski definition) is 1. The van der Waals surface area contributed by atoms with Gasteiger partial charge in [-0.15, -0.1) is 0 Å². The summed E-state index contributed by atoms with van der Waals surface area (Å²) in [6.45, 7) is 3.62. The first-order chi connectivity index (χ1) is 10.7. The summed E-state index contributed by atoms with van der Waals surface area (Å²) in [5.74, 6) is 1.10. The number of nitrogens with one attached hydrogen (secondary N) is 1. The number of likely N-dealkylation sites (tertiary alicyclic amines) is 1. The molecule has 4 nitrogen and oxygen atoms in total. The summed E-state index contributed by atoms with van der Waals surface area (Å²) in [6, 6.07) is 9.88. The Morgan fingerprint density at radius 1 is 1.27 bits per heavy atom. The lowest BCUT2D eigenvalue weighted by Gasteiger charge is -2.32. The van der Waals surface area contributed by atoms with Crippen LogP contribution in [0.25, 0.3) is 0 Å². The van der Waals surface area contributed by atoms with Crippen molar-refractivity contribution in [1.29, 1.82) is 5.26 Å². The predicted molar refractivity (Wildman–Crippen MR) is 84.9 cm³/mol. The van der Waals surface area contributed by atoms with Gasteiger partial charge in [0.2, 0.25) is 5.91 Å². The highest BCUT2D eigenvalue weighted by molar-refractivity contribution is 5.79. The molecule has 0 radical (unpaired) electrons. The van der Waals surface area contributed by atoms with E-state index in [1.54, 1.807) is 0 Å². The minimum absolute atomic E-state index is 0.130. The van der Waals surface area contributed by atoms with Crippen LogP contribution in [0.3, 0.4) is 0 Å². The quantitative estimate of drug-likeness (QED) is 0.907. The number of nitriles is 1. The molecule has 1 saturated carbocycles. The van der Waals surface area contributed by atoms with Crippen LogP contribution in [-0.4, -0.2) is 30.4 Å². The summed E-state index contributed by atoms with van der Waals surface area (Å²) in [4.78, 5) is 14.6. The Balaban J connectivity index is 1.50. The number of carbonyl (C=O) groups excluding carboxylic acids is 1. The molecule has 0 unspecified atom stereocenters. The minimum Gasteiger partial charge on any atom is -0.356 e. The van der Waals surface area contributed by atoms with Crippen molar-refractivity contribution in [3.05, 3.63) is 35.4 Å². The summed E-state index contributed by atoms with van der Waals surface area (Å²) >= 11 is 0. The molecule has 1 saturated heterocycles. The third-order valence-corrected chi connectivity index (χ3v) is 4.63. The fraction of sp³-hybridized carbons (Fsp3) is 0.556. The molecule has 1 aliphatic heterocycles. The van der Waals surface area contributed by atoms with Crippen molar-refractivity contribution >= 4 is 5.91 Å². The minimum atomic E-state index is 0.130. The summed E-state index contributed by atoms with van der Waals surface area (Å²) in [6.07, 6.45) is 4.63. The van der Waals surface area contributed by atoms with Gasteiger partial charge in [0.05, 0.1) is 17.6 Å². The van der Waals surface area contributed by atoms with Crippen LogP contribution in [0.2, 0.25) is 0 Å². The van der Waals surface area contributed by atoms with E-state index in [-0.39, 0.29) is 11.8 Å². The van der Waals surface area contributed by atoms with Crippen LogP contribution in [0.5, 0.6) is 0 Å². The smallest absolute Gasteiger partial charge is 0.224 e. The molecular formula is C18H23N3O. The molecule has 22 heavy (non-hydrogen) atoms. The number of benzene rings is 1. The molecule has 116 valence electrons. The van der Waals surface area contributed by atoms with Crippen LogP contribution >= 0.6 is 0 Å². The fourth-order valence-corrected chi connectivity index (χ4v) is 3.07. The molecule has 4 heteroatoms. The highest BCUT2D eigenvalue weighted by Gasteiger charge is 2.27. The molecule has 1 amide bonds. The molecule has 0 spiro atoms. The largest absolute Gasteiger partial charge is 0.356 e.